The second-order valence-electron chi connectivity index (χ2n) is 4.11. The maximum Gasteiger partial charge on any atom is 0.176 e. The summed E-state index contributed by atoms with van der Waals surface area (Å²) in [7, 11) is 0. The van der Waals surface area contributed by atoms with E-state index in [1.807, 2.05) is 42.5 Å². The Kier molecular flexibility index (Phi) is 3.20. The molecule has 1 aliphatic heterocycles. The minimum Gasteiger partial charge on any atom is -0.380 e. The molecule has 0 unspecified atom stereocenters. The molecule has 1 aliphatic rings. The second-order valence-corrected chi connectivity index (χ2v) is 4.11. The predicted octanol–water partition coefficient (Wildman–Crippen LogP) is 1.62. The zero-order chi connectivity index (χ0) is 13.8. The molecule has 0 atom stereocenters. The highest BCUT2D eigenvalue weighted by atomic mass is 15.3. The van der Waals surface area contributed by atoms with Crippen LogP contribution < -0.4 is 11.2 Å². The van der Waals surface area contributed by atoms with Gasteiger partial charge in [-0.3, -0.25) is 10.4 Å². The van der Waals surface area contributed by atoms with E-state index in [1.165, 1.54) is 0 Å². The normalized spacial score (nSPS) is 15.9. The molecule has 3 rings (SSSR count). The molecule has 0 spiro atoms. The number of nitrogens with two attached hydrogens (primary N) is 1. The molecule has 0 radical (unpaired) electrons. The van der Waals surface area contributed by atoms with E-state index in [2.05, 4.69) is 25.7 Å². The largest absolute Gasteiger partial charge is 0.380 e. The number of benzene rings is 1. The lowest BCUT2D eigenvalue weighted by Gasteiger charge is -2.04. The summed E-state index contributed by atoms with van der Waals surface area (Å²) in [6, 6.07) is 13.3. The van der Waals surface area contributed by atoms with E-state index in [0.717, 1.165) is 11.3 Å². The van der Waals surface area contributed by atoms with Crippen LogP contribution in [0.15, 0.2) is 70.2 Å². The van der Waals surface area contributed by atoms with Gasteiger partial charge in [-0.05, 0) is 24.3 Å². The fourth-order valence-electron chi connectivity index (χ4n) is 1.77. The molecule has 0 saturated carbocycles. The summed E-state index contributed by atoms with van der Waals surface area (Å²) >= 11 is 0. The minimum atomic E-state index is 0.292. The first-order chi connectivity index (χ1) is 9.84. The van der Waals surface area contributed by atoms with Crippen LogP contribution >= 0.6 is 0 Å². The molecular formula is C14H12N6. The Hall–Kier alpha value is -3.02. The monoisotopic (exact) mass is 264 g/mol. The van der Waals surface area contributed by atoms with Gasteiger partial charge in [0.1, 0.15) is 5.71 Å². The maximum atomic E-state index is 5.82. The number of aromatic nitrogens is 1. The Labute approximate surface area is 115 Å². The Morgan fingerprint density at radius 2 is 1.70 bits per heavy atom. The van der Waals surface area contributed by atoms with Gasteiger partial charge in [-0.2, -0.15) is 5.10 Å². The fraction of sp³-hybridized carbons (Fsp3) is 0. The molecule has 3 N–H and O–H groups in total. The van der Waals surface area contributed by atoms with Crippen molar-refractivity contribution in [2.45, 2.75) is 0 Å². The smallest absolute Gasteiger partial charge is 0.176 e. The summed E-state index contributed by atoms with van der Waals surface area (Å²) in [6.07, 6.45) is 3.38. The van der Waals surface area contributed by atoms with Crippen LogP contribution in [-0.2, 0) is 0 Å². The van der Waals surface area contributed by atoms with Crippen molar-refractivity contribution in [2.75, 3.05) is 5.43 Å². The number of hydrogen-bond donors (Lipinski definition) is 2. The number of nitrogens with one attached hydrogen (secondary N) is 1. The summed E-state index contributed by atoms with van der Waals surface area (Å²) in [5.41, 5.74) is 11.7. The molecule has 2 heterocycles. The summed E-state index contributed by atoms with van der Waals surface area (Å²) in [6.45, 7) is 0. The Balaban J connectivity index is 1.87. The molecule has 0 fully saturated rings. The topological polar surface area (TPSA) is 88.0 Å². The van der Waals surface area contributed by atoms with Crippen molar-refractivity contribution < 1.29 is 0 Å². The summed E-state index contributed by atoms with van der Waals surface area (Å²) in [5.74, 6) is 0.292. The molecule has 0 saturated heterocycles. The lowest BCUT2D eigenvalue weighted by Crippen LogP contribution is -2.28. The molecular weight excluding hydrogens is 252 g/mol. The number of amidine groups is 1. The van der Waals surface area contributed by atoms with Crippen molar-refractivity contribution in [3.63, 3.8) is 0 Å². The summed E-state index contributed by atoms with van der Waals surface area (Å²) in [4.78, 5) is 3.98. The first-order valence-corrected chi connectivity index (χ1v) is 6.05. The molecule has 1 aromatic heterocycles. The zero-order valence-corrected chi connectivity index (χ0v) is 10.6. The second kappa shape index (κ2) is 5.31. The van der Waals surface area contributed by atoms with E-state index in [4.69, 9.17) is 5.73 Å². The van der Waals surface area contributed by atoms with Gasteiger partial charge in [-0.25, -0.2) is 0 Å². The van der Waals surface area contributed by atoms with Crippen LogP contribution in [0.25, 0.3) is 0 Å². The van der Waals surface area contributed by atoms with E-state index >= 15 is 0 Å². The molecule has 98 valence electrons. The van der Waals surface area contributed by atoms with Crippen LogP contribution in [-0.4, -0.2) is 22.2 Å². The molecule has 20 heavy (non-hydrogen) atoms. The zero-order valence-electron chi connectivity index (χ0n) is 10.6. The third-order valence-corrected chi connectivity index (χ3v) is 2.75. The van der Waals surface area contributed by atoms with Crippen LogP contribution in [0.3, 0.4) is 0 Å². The molecule has 6 heteroatoms. The Morgan fingerprint density at radius 1 is 0.950 bits per heavy atom. The summed E-state index contributed by atoms with van der Waals surface area (Å²) in [5, 5.41) is 12.2. The van der Waals surface area contributed by atoms with Crippen molar-refractivity contribution in [3.05, 3.63) is 60.4 Å². The summed E-state index contributed by atoms with van der Waals surface area (Å²) < 4.78 is 0. The average molecular weight is 264 g/mol. The Morgan fingerprint density at radius 3 is 2.45 bits per heavy atom. The number of hydrazone groups is 1. The van der Waals surface area contributed by atoms with Gasteiger partial charge in [0, 0.05) is 18.0 Å². The molecule has 0 amide bonds. The van der Waals surface area contributed by atoms with Crippen molar-refractivity contribution in [3.8, 4) is 0 Å². The minimum absolute atomic E-state index is 0.292. The van der Waals surface area contributed by atoms with Gasteiger partial charge >= 0.3 is 0 Å². The van der Waals surface area contributed by atoms with Gasteiger partial charge in [0.2, 0.25) is 0 Å². The number of hydrogen-bond acceptors (Lipinski definition) is 6. The fourth-order valence-corrected chi connectivity index (χ4v) is 1.77. The van der Waals surface area contributed by atoms with Crippen LogP contribution in [0.2, 0.25) is 0 Å². The lowest BCUT2D eigenvalue weighted by molar-refractivity contribution is 1.25. The number of rotatable bonds is 3. The first-order valence-electron chi connectivity index (χ1n) is 6.05. The van der Waals surface area contributed by atoms with Gasteiger partial charge in [-0.1, -0.05) is 18.2 Å². The molecule has 2 aromatic rings. The number of anilines is 1. The predicted molar refractivity (Wildman–Crippen MR) is 79.9 cm³/mol. The van der Waals surface area contributed by atoms with E-state index in [-0.39, 0.29) is 0 Å². The van der Waals surface area contributed by atoms with Crippen molar-refractivity contribution in [1.82, 2.24) is 4.98 Å². The lowest BCUT2D eigenvalue weighted by atomic mass is 10.1. The highest BCUT2D eigenvalue weighted by Crippen LogP contribution is 2.10. The first kappa shape index (κ1) is 12.0. The maximum absolute atomic E-state index is 5.82. The standard InChI is InChI=1S/C14H12N6/c15-14-13(19-17-11-4-2-1-3-5-11)12(18-20-14)10-6-8-16-9-7-10/h1-9,17H,(H2,15,19,20). The molecule has 6 nitrogen and oxygen atoms in total. The van der Waals surface area contributed by atoms with Crippen molar-refractivity contribution >= 4 is 22.9 Å². The van der Waals surface area contributed by atoms with E-state index in [9.17, 15) is 0 Å². The molecule has 0 aliphatic carbocycles. The van der Waals surface area contributed by atoms with E-state index in [0.29, 0.717) is 17.3 Å². The number of pyridine rings is 1. The quantitative estimate of drug-likeness (QED) is 0.826. The number of para-hydroxylation sites is 1. The van der Waals surface area contributed by atoms with Crippen molar-refractivity contribution in [2.24, 2.45) is 21.0 Å². The average Bonchev–Trinajstić information content (AvgIpc) is 2.88. The van der Waals surface area contributed by atoms with Gasteiger partial charge in [0.25, 0.3) is 0 Å². The van der Waals surface area contributed by atoms with Crippen LogP contribution in [0.5, 0.6) is 0 Å². The third-order valence-electron chi connectivity index (χ3n) is 2.75. The van der Waals surface area contributed by atoms with Gasteiger partial charge in [-0.15, -0.1) is 10.2 Å². The van der Waals surface area contributed by atoms with Crippen LogP contribution in [0.1, 0.15) is 5.56 Å². The van der Waals surface area contributed by atoms with Gasteiger partial charge in [0.05, 0.1) is 5.69 Å². The van der Waals surface area contributed by atoms with Gasteiger partial charge < -0.3 is 5.73 Å². The van der Waals surface area contributed by atoms with E-state index < -0.39 is 0 Å². The molecule has 0 bridgehead atoms. The van der Waals surface area contributed by atoms with Crippen LogP contribution in [0.4, 0.5) is 5.69 Å². The van der Waals surface area contributed by atoms with Crippen LogP contribution in [0, 0.1) is 0 Å². The highest BCUT2D eigenvalue weighted by molar-refractivity contribution is 6.72. The third kappa shape index (κ3) is 2.39. The van der Waals surface area contributed by atoms with E-state index in [1.54, 1.807) is 12.4 Å². The Bertz CT molecular complexity index is 688. The highest BCUT2D eigenvalue weighted by Gasteiger charge is 2.21. The molecule has 1 aromatic carbocycles. The van der Waals surface area contributed by atoms with Gasteiger partial charge in [0.15, 0.2) is 11.5 Å². The van der Waals surface area contributed by atoms with Crippen molar-refractivity contribution in [1.29, 1.82) is 0 Å². The SMILES string of the molecule is NC1=NN=C(c2ccncc2)/C1=N\Nc1ccccc1. The number of nitrogens with zero attached hydrogens (tertiary/aromatic N) is 4.